The van der Waals surface area contributed by atoms with E-state index in [1.807, 2.05) is 30.3 Å². The molecule has 9 heteroatoms. The minimum Gasteiger partial charge on any atom is -0.497 e. The van der Waals surface area contributed by atoms with Crippen LogP contribution in [0.3, 0.4) is 0 Å². The summed E-state index contributed by atoms with van der Waals surface area (Å²) < 4.78 is 10.6. The number of aromatic nitrogens is 1. The number of nitrogens with zero attached hydrogens (tertiary/aromatic N) is 1. The highest BCUT2D eigenvalue weighted by atomic mass is 32.1. The Morgan fingerprint density at radius 1 is 1.08 bits per heavy atom. The summed E-state index contributed by atoms with van der Waals surface area (Å²) in [6, 6.07) is 9.41. The van der Waals surface area contributed by atoms with Crippen LogP contribution in [0.1, 0.15) is 5.56 Å². The van der Waals surface area contributed by atoms with Crippen molar-refractivity contribution in [3.8, 4) is 11.5 Å². The fourth-order valence-corrected chi connectivity index (χ4v) is 2.45. The highest BCUT2D eigenvalue weighted by molar-refractivity contribution is 7.80. The summed E-state index contributed by atoms with van der Waals surface area (Å²) in [5.41, 5.74) is 7.50. The molecule has 0 aliphatic heterocycles. The second-order valence-electron chi connectivity index (χ2n) is 5.13. The quantitative estimate of drug-likeness (QED) is 0.437. The van der Waals surface area contributed by atoms with E-state index in [-0.39, 0.29) is 0 Å². The first-order chi connectivity index (χ1) is 12.6. The van der Waals surface area contributed by atoms with E-state index < -0.39 is 0 Å². The molecular weight excluding hydrogens is 370 g/mol. The van der Waals surface area contributed by atoms with Crippen LogP contribution in [0.15, 0.2) is 42.7 Å². The summed E-state index contributed by atoms with van der Waals surface area (Å²) in [5, 5.41) is 6.91. The Labute approximate surface area is 163 Å². The molecule has 2 aromatic rings. The van der Waals surface area contributed by atoms with Crippen LogP contribution in [0.4, 0.5) is 5.69 Å². The van der Waals surface area contributed by atoms with Crippen LogP contribution in [-0.4, -0.2) is 36.0 Å². The van der Waals surface area contributed by atoms with Crippen LogP contribution in [0.5, 0.6) is 11.5 Å². The molecule has 0 bridgehead atoms. The lowest BCUT2D eigenvalue weighted by atomic mass is 10.1. The molecule has 0 atom stereocenters. The number of ether oxygens (including phenoxy) is 2. The molecular formula is C17H21N5O2S2. The van der Waals surface area contributed by atoms with Crippen LogP contribution in [-0.2, 0) is 6.42 Å². The summed E-state index contributed by atoms with van der Waals surface area (Å²) >= 11 is 10.4. The van der Waals surface area contributed by atoms with Crippen LogP contribution >= 0.6 is 24.4 Å². The SMILES string of the molecule is COc1ccc(CCNC(=S)NNC(=S)Nc2cccnc2)c(OC)c1. The Morgan fingerprint density at radius 3 is 2.58 bits per heavy atom. The highest BCUT2D eigenvalue weighted by Crippen LogP contribution is 2.24. The van der Waals surface area contributed by atoms with Crippen molar-refractivity contribution < 1.29 is 9.47 Å². The van der Waals surface area contributed by atoms with Gasteiger partial charge in [-0.3, -0.25) is 15.8 Å². The van der Waals surface area contributed by atoms with Crippen molar-refractivity contribution in [2.75, 3.05) is 26.1 Å². The average molecular weight is 392 g/mol. The monoisotopic (exact) mass is 391 g/mol. The summed E-state index contributed by atoms with van der Waals surface area (Å²) in [4.78, 5) is 4.00. The van der Waals surface area contributed by atoms with Crippen molar-refractivity contribution >= 4 is 40.3 Å². The fourth-order valence-electron chi connectivity index (χ4n) is 2.13. The third-order valence-electron chi connectivity index (χ3n) is 3.38. The molecule has 7 nitrogen and oxygen atoms in total. The third-order valence-corrected chi connectivity index (χ3v) is 3.83. The predicted octanol–water partition coefficient (Wildman–Crippen LogP) is 2.01. The topological polar surface area (TPSA) is 79.5 Å². The Kier molecular flexibility index (Phi) is 7.84. The molecule has 0 saturated heterocycles. The van der Waals surface area contributed by atoms with E-state index in [1.165, 1.54) is 0 Å². The summed E-state index contributed by atoms with van der Waals surface area (Å²) in [6.45, 7) is 0.638. The van der Waals surface area contributed by atoms with Gasteiger partial charge in [-0.15, -0.1) is 0 Å². The van der Waals surface area contributed by atoms with Crippen LogP contribution < -0.4 is 31.0 Å². The fraction of sp³-hybridized carbons (Fsp3) is 0.235. The number of anilines is 1. The number of nitrogens with one attached hydrogen (secondary N) is 4. The molecule has 0 aliphatic carbocycles. The second kappa shape index (κ2) is 10.4. The molecule has 0 radical (unpaired) electrons. The van der Waals surface area contributed by atoms with Gasteiger partial charge in [0.15, 0.2) is 10.2 Å². The molecule has 0 spiro atoms. The maximum atomic E-state index is 5.38. The number of methoxy groups -OCH3 is 2. The predicted molar refractivity (Wildman–Crippen MR) is 111 cm³/mol. The number of hydrogen-bond donors (Lipinski definition) is 4. The molecule has 26 heavy (non-hydrogen) atoms. The molecule has 1 heterocycles. The zero-order chi connectivity index (χ0) is 18.8. The summed E-state index contributed by atoms with van der Waals surface area (Å²) in [6.07, 6.45) is 4.11. The Balaban J connectivity index is 1.71. The van der Waals surface area contributed by atoms with E-state index in [4.69, 9.17) is 33.9 Å². The number of pyridine rings is 1. The van der Waals surface area contributed by atoms with Crippen molar-refractivity contribution in [2.45, 2.75) is 6.42 Å². The molecule has 2 rings (SSSR count). The van der Waals surface area contributed by atoms with Crippen LogP contribution in [0.2, 0.25) is 0 Å². The molecule has 138 valence electrons. The molecule has 1 aromatic carbocycles. The van der Waals surface area contributed by atoms with Gasteiger partial charge in [0.2, 0.25) is 0 Å². The number of hydrogen-bond acceptors (Lipinski definition) is 5. The summed E-state index contributed by atoms with van der Waals surface area (Å²) in [5.74, 6) is 1.54. The lowest BCUT2D eigenvalue weighted by Gasteiger charge is -2.15. The lowest BCUT2D eigenvalue weighted by molar-refractivity contribution is 0.391. The van der Waals surface area contributed by atoms with E-state index >= 15 is 0 Å². The Morgan fingerprint density at radius 2 is 1.88 bits per heavy atom. The minimum atomic E-state index is 0.388. The van der Waals surface area contributed by atoms with E-state index in [1.54, 1.807) is 26.6 Å². The van der Waals surface area contributed by atoms with Crippen molar-refractivity contribution in [1.82, 2.24) is 21.2 Å². The van der Waals surface area contributed by atoms with Crippen molar-refractivity contribution in [3.63, 3.8) is 0 Å². The van der Waals surface area contributed by atoms with Gasteiger partial charge in [-0.25, -0.2) is 0 Å². The van der Waals surface area contributed by atoms with Crippen molar-refractivity contribution in [2.24, 2.45) is 0 Å². The number of thiocarbonyl (C=S) groups is 2. The van der Waals surface area contributed by atoms with Gasteiger partial charge in [0.25, 0.3) is 0 Å². The number of rotatable bonds is 6. The van der Waals surface area contributed by atoms with Crippen LogP contribution in [0.25, 0.3) is 0 Å². The van der Waals surface area contributed by atoms with E-state index in [0.717, 1.165) is 29.2 Å². The first kappa shape index (κ1) is 19.7. The van der Waals surface area contributed by atoms with Gasteiger partial charge in [0.05, 0.1) is 26.1 Å². The Hall–Kier alpha value is -2.65. The van der Waals surface area contributed by atoms with Gasteiger partial charge >= 0.3 is 0 Å². The normalized spacial score (nSPS) is 9.77. The van der Waals surface area contributed by atoms with Crippen molar-refractivity contribution in [1.29, 1.82) is 0 Å². The van der Waals surface area contributed by atoms with Crippen LogP contribution in [0, 0.1) is 0 Å². The van der Waals surface area contributed by atoms with Gasteiger partial charge in [0, 0.05) is 18.8 Å². The van der Waals surface area contributed by atoms with Gasteiger partial charge in [-0.1, -0.05) is 6.07 Å². The molecule has 0 amide bonds. The average Bonchev–Trinajstić information content (AvgIpc) is 2.67. The molecule has 1 aromatic heterocycles. The maximum Gasteiger partial charge on any atom is 0.189 e. The molecule has 0 saturated carbocycles. The minimum absolute atomic E-state index is 0.388. The second-order valence-corrected chi connectivity index (χ2v) is 5.95. The molecule has 0 fully saturated rings. The van der Waals surface area contributed by atoms with Gasteiger partial charge in [-0.2, -0.15) is 0 Å². The van der Waals surface area contributed by atoms with Gasteiger partial charge in [-0.05, 0) is 54.6 Å². The standard InChI is InChI=1S/C17H21N5O2S2/c1-23-14-6-5-12(15(10-14)24-2)7-9-19-16(25)21-22-17(26)20-13-4-3-8-18-11-13/h3-6,8,10-11H,7,9H2,1-2H3,(H2,19,21,25)(H2,20,22,26). The number of hydrazine groups is 1. The highest BCUT2D eigenvalue weighted by Gasteiger charge is 2.05. The van der Waals surface area contributed by atoms with E-state index in [2.05, 4.69) is 26.5 Å². The smallest absolute Gasteiger partial charge is 0.189 e. The first-order valence-electron chi connectivity index (χ1n) is 7.84. The van der Waals surface area contributed by atoms with Gasteiger partial charge in [0.1, 0.15) is 11.5 Å². The van der Waals surface area contributed by atoms with E-state index in [9.17, 15) is 0 Å². The first-order valence-corrected chi connectivity index (χ1v) is 8.66. The molecule has 0 aliphatic rings. The molecule has 4 N–H and O–H groups in total. The summed E-state index contributed by atoms with van der Waals surface area (Å²) in [7, 11) is 3.26. The largest absolute Gasteiger partial charge is 0.497 e. The third kappa shape index (κ3) is 6.34. The zero-order valence-electron chi connectivity index (χ0n) is 14.5. The van der Waals surface area contributed by atoms with Crippen molar-refractivity contribution in [3.05, 3.63) is 48.3 Å². The van der Waals surface area contributed by atoms with Gasteiger partial charge < -0.3 is 20.1 Å². The lowest BCUT2D eigenvalue weighted by Crippen LogP contribution is -2.48. The van der Waals surface area contributed by atoms with E-state index in [0.29, 0.717) is 16.8 Å². The Bertz CT molecular complexity index is 743. The zero-order valence-corrected chi connectivity index (χ0v) is 16.2. The maximum absolute atomic E-state index is 5.38. The molecule has 0 unspecified atom stereocenters. The number of benzene rings is 1.